The average Bonchev–Trinajstić information content (AvgIpc) is 3.01. The van der Waals surface area contributed by atoms with Crippen LogP contribution in [-0.2, 0) is 4.74 Å². The van der Waals surface area contributed by atoms with Crippen molar-refractivity contribution in [3.05, 3.63) is 10.6 Å². The minimum Gasteiger partial charge on any atom is -0.462 e. The van der Waals surface area contributed by atoms with E-state index in [-0.39, 0.29) is 5.97 Å². The van der Waals surface area contributed by atoms with Gasteiger partial charge >= 0.3 is 5.97 Å². The maximum absolute atomic E-state index is 12.0. The minimum absolute atomic E-state index is 0.230. The third-order valence-corrected chi connectivity index (χ3v) is 6.06. The summed E-state index contributed by atoms with van der Waals surface area (Å²) in [6, 6.07) is 0.620. The molecule has 0 spiro atoms. The molecule has 2 aliphatic rings. The van der Waals surface area contributed by atoms with E-state index in [1.54, 1.807) is 0 Å². The first kappa shape index (κ1) is 14.8. The van der Waals surface area contributed by atoms with Gasteiger partial charge in [0.1, 0.15) is 4.88 Å². The molecular formula is C16H24N2O2S. The zero-order valence-corrected chi connectivity index (χ0v) is 13.9. The first-order valence-electron chi connectivity index (χ1n) is 8.03. The van der Waals surface area contributed by atoms with Gasteiger partial charge in [0, 0.05) is 12.6 Å². The summed E-state index contributed by atoms with van der Waals surface area (Å²) in [7, 11) is 0. The van der Waals surface area contributed by atoms with Crippen molar-refractivity contribution in [1.29, 1.82) is 0 Å². The van der Waals surface area contributed by atoms with Crippen molar-refractivity contribution in [2.45, 2.75) is 52.5 Å². The van der Waals surface area contributed by atoms with Crippen LogP contribution in [0.1, 0.15) is 54.9 Å². The summed E-state index contributed by atoms with van der Waals surface area (Å²) in [5.74, 6) is 1.30. The molecule has 0 amide bonds. The Morgan fingerprint density at radius 1 is 1.43 bits per heavy atom. The van der Waals surface area contributed by atoms with E-state index in [1.807, 2.05) is 13.8 Å². The highest BCUT2D eigenvalue weighted by molar-refractivity contribution is 7.17. The summed E-state index contributed by atoms with van der Waals surface area (Å²) in [4.78, 5) is 19.8. The van der Waals surface area contributed by atoms with Gasteiger partial charge in [0.25, 0.3) is 0 Å². The normalized spacial score (nSPS) is 28.5. The Bertz CT molecular complexity index is 528. The SMILES string of the molecule is CCOC(=O)c1sc(N2CC(C)C3CCCCC32)nc1C. The number of nitrogens with zero attached hydrogens (tertiary/aromatic N) is 2. The number of rotatable bonds is 3. The molecule has 0 aromatic carbocycles. The molecule has 3 atom stereocenters. The largest absolute Gasteiger partial charge is 0.462 e. The average molecular weight is 308 g/mol. The minimum atomic E-state index is -0.230. The van der Waals surface area contributed by atoms with Crippen molar-refractivity contribution in [2.24, 2.45) is 11.8 Å². The molecule has 0 bridgehead atoms. The van der Waals surface area contributed by atoms with Crippen LogP contribution in [0.5, 0.6) is 0 Å². The topological polar surface area (TPSA) is 42.4 Å². The molecule has 5 heteroatoms. The molecule has 1 saturated carbocycles. The van der Waals surface area contributed by atoms with Crippen molar-refractivity contribution in [3.63, 3.8) is 0 Å². The standard InChI is InChI=1S/C16H24N2O2S/c1-4-20-15(19)14-11(3)17-16(21-14)18-9-10(2)12-7-5-6-8-13(12)18/h10,12-13H,4-9H2,1-3H3. The third kappa shape index (κ3) is 2.68. The first-order valence-corrected chi connectivity index (χ1v) is 8.84. The van der Waals surface area contributed by atoms with Crippen LogP contribution in [0.4, 0.5) is 5.13 Å². The predicted molar refractivity (Wildman–Crippen MR) is 85.1 cm³/mol. The van der Waals surface area contributed by atoms with Gasteiger partial charge in [-0.15, -0.1) is 0 Å². The van der Waals surface area contributed by atoms with E-state index < -0.39 is 0 Å². The molecular weight excluding hydrogens is 284 g/mol. The van der Waals surface area contributed by atoms with Gasteiger partial charge in [0.05, 0.1) is 12.3 Å². The first-order chi connectivity index (χ1) is 10.1. The van der Waals surface area contributed by atoms with Crippen molar-refractivity contribution in [2.75, 3.05) is 18.1 Å². The summed E-state index contributed by atoms with van der Waals surface area (Å²) < 4.78 is 5.13. The fourth-order valence-electron chi connectivity index (χ4n) is 3.88. The highest BCUT2D eigenvalue weighted by atomic mass is 32.1. The molecule has 1 aromatic rings. The lowest BCUT2D eigenvalue weighted by molar-refractivity contribution is 0.0531. The van der Waals surface area contributed by atoms with Crippen LogP contribution in [0.3, 0.4) is 0 Å². The summed E-state index contributed by atoms with van der Waals surface area (Å²) in [5, 5.41) is 1.01. The lowest BCUT2D eigenvalue weighted by atomic mass is 9.80. The molecule has 0 N–H and O–H groups in total. The van der Waals surface area contributed by atoms with Crippen molar-refractivity contribution < 1.29 is 9.53 Å². The Morgan fingerprint density at radius 3 is 2.95 bits per heavy atom. The fraction of sp³-hybridized carbons (Fsp3) is 0.750. The van der Waals surface area contributed by atoms with Gasteiger partial charge < -0.3 is 9.64 Å². The quantitative estimate of drug-likeness (QED) is 0.800. The molecule has 116 valence electrons. The highest BCUT2D eigenvalue weighted by Gasteiger charge is 2.41. The van der Waals surface area contributed by atoms with Crippen molar-refractivity contribution >= 4 is 22.4 Å². The van der Waals surface area contributed by atoms with E-state index in [2.05, 4.69) is 16.8 Å². The molecule has 2 fully saturated rings. The Kier molecular flexibility index (Phi) is 4.20. The van der Waals surface area contributed by atoms with E-state index in [1.165, 1.54) is 37.0 Å². The molecule has 1 aliphatic heterocycles. The van der Waals surface area contributed by atoms with Crippen molar-refractivity contribution in [1.82, 2.24) is 4.98 Å². The number of fused-ring (bicyclic) bond motifs is 1. The summed E-state index contributed by atoms with van der Waals surface area (Å²) in [5.41, 5.74) is 0.806. The van der Waals surface area contributed by atoms with E-state index in [0.29, 0.717) is 17.5 Å². The number of aromatic nitrogens is 1. The fourth-order valence-corrected chi connectivity index (χ4v) is 4.91. The van der Waals surface area contributed by atoms with Gasteiger partial charge in [-0.2, -0.15) is 0 Å². The van der Waals surface area contributed by atoms with Crippen LogP contribution in [-0.4, -0.2) is 30.1 Å². The number of hydrogen-bond acceptors (Lipinski definition) is 5. The van der Waals surface area contributed by atoms with Gasteiger partial charge in [-0.1, -0.05) is 31.1 Å². The van der Waals surface area contributed by atoms with Crippen LogP contribution in [0.2, 0.25) is 0 Å². The highest BCUT2D eigenvalue weighted by Crippen LogP contribution is 2.43. The second kappa shape index (κ2) is 5.95. The second-order valence-electron chi connectivity index (χ2n) is 6.28. The lowest BCUT2D eigenvalue weighted by Gasteiger charge is -2.31. The maximum atomic E-state index is 12.0. The lowest BCUT2D eigenvalue weighted by Crippen LogP contribution is -2.34. The van der Waals surface area contributed by atoms with E-state index in [9.17, 15) is 4.79 Å². The summed E-state index contributed by atoms with van der Waals surface area (Å²) in [6.07, 6.45) is 5.30. The number of thiazole rings is 1. The number of hydrogen-bond donors (Lipinski definition) is 0. The van der Waals surface area contributed by atoms with Crippen LogP contribution in [0.25, 0.3) is 0 Å². The number of ether oxygens (including phenoxy) is 1. The number of anilines is 1. The smallest absolute Gasteiger partial charge is 0.350 e. The Morgan fingerprint density at radius 2 is 2.19 bits per heavy atom. The molecule has 2 heterocycles. The summed E-state index contributed by atoms with van der Waals surface area (Å²) in [6.45, 7) is 7.59. The van der Waals surface area contributed by atoms with Crippen LogP contribution < -0.4 is 4.90 Å². The zero-order valence-electron chi connectivity index (χ0n) is 13.1. The zero-order chi connectivity index (χ0) is 15.0. The summed E-state index contributed by atoms with van der Waals surface area (Å²) >= 11 is 1.50. The predicted octanol–water partition coefficient (Wildman–Crippen LogP) is 3.64. The van der Waals surface area contributed by atoms with Gasteiger partial charge in [-0.3, -0.25) is 0 Å². The number of esters is 1. The molecule has 1 aromatic heterocycles. The molecule has 3 unspecified atom stereocenters. The monoisotopic (exact) mass is 308 g/mol. The van der Waals surface area contributed by atoms with Gasteiger partial charge in [0.15, 0.2) is 5.13 Å². The van der Waals surface area contributed by atoms with Crippen LogP contribution in [0, 0.1) is 18.8 Å². The molecule has 1 saturated heterocycles. The van der Waals surface area contributed by atoms with Crippen LogP contribution in [0.15, 0.2) is 0 Å². The van der Waals surface area contributed by atoms with E-state index in [0.717, 1.165) is 29.2 Å². The molecule has 4 nitrogen and oxygen atoms in total. The van der Waals surface area contributed by atoms with Gasteiger partial charge in [-0.25, -0.2) is 9.78 Å². The molecule has 21 heavy (non-hydrogen) atoms. The maximum Gasteiger partial charge on any atom is 0.350 e. The number of carbonyl (C=O) groups is 1. The van der Waals surface area contributed by atoms with Gasteiger partial charge in [-0.05, 0) is 38.5 Å². The third-order valence-electron chi connectivity index (χ3n) is 4.89. The molecule has 0 radical (unpaired) electrons. The van der Waals surface area contributed by atoms with Crippen molar-refractivity contribution in [3.8, 4) is 0 Å². The number of carbonyl (C=O) groups excluding carboxylic acids is 1. The van der Waals surface area contributed by atoms with E-state index >= 15 is 0 Å². The Balaban J connectivity index is 1.84. The van der Waals surface area contributed by atoms with Crippen LogP contribution >= 0.6 is 11.3 Å². The van der Waals surface area contributed by atoms with E-state index in [4.69, 9.17) is 4.74 Å². The van der Waals surface area contributed by atoms with Gasteiger partial charge in [0.2, 0.25) is 0 Å². The number of aryl methyl sites for hydroxylation is 1. The molecule has 3 rings (SSSR count). The Labute approximate surface area is 130 Å². The second-order valence-corrected chi connectivity index (χ2v) is 7.25. The Hall–Kier alpha value is -1.10. The molecule has 1 aliphatic carbocycles.